The Morgan fingerprint density at radius 1 is 1.31 bits per heavy atom. The maximum absolute atomic E-state index is 8.98. The third-order valence-electron chi connectivity index (χ3n) is 4.32. The van der Waals surface area contributed by atoms with E-state index >= 15 is 0 Å². The minimum atomic E-state index is -0.889. The van der Waals surface area contributed by atoms with Crippen LogP contribution in [0.5, 0.6) is 0 Å². The minimum Gasteiger partial charge on any atom is -0.262 e. The van der Waals surface area contributed by atoms with E-state index in [1.165, 1.54) is 19.3 Å². The van der Waals surface area contributed by atoms with Crippen molar-refractivity contribution in [3.63, 3.8) is 0 Å². The van der Waals surface area contributed by atoms with Crippen LogP contribution >= 0.6 is 23.2 Å². The molecule has 3 rings (SSSR count). The Morgan fingerprint density at radius 2 is 1.77 bits per heavy atom. The summed E-state index contributed by atoms with van der Waals surface area (Å²) in [7, 11) is 0. The molecule has 0 aromatic heterocycles. The predicted octanol–water partition coefficient (Wildman–Crippen LogP) is 4.42. The second kappa shape index (κ2) is 3.43. The van der Waals surface area contributed by atoms with Crippen LogP contribution in [0.2, 0.25) is 0 Å². The summed E-state index contributed by atoms with van der Waals surface area (Å²) in [6.45, 7) is 7.33. The molecule has 2 atom stereocenters. The maximum Gasteiger partial charge on any atom is 0.313 e. The summed E-state index contributed by atoms with van der Waals surface area (Å²) in [6, 6.07) is 0. The van der Waals surface area contributed by atoms with Crippen LogP contribution in [0.3, 0.4) is 0 Å². The highest BCUT2D eigenvalue weighted by Crippen LogP contribution is 2.70. The molecule has 76 valence electrons. The van der Waals surface area contributed by atoms with E-state index in [4.69, 9.17) is 4.79 Å². The average molecular weight is 223 g/mol. The highest BCUT2D eigenvalue weighted by molar-refractivity contribution is 6.93. The Bertz CT molecular complexity index is 214. The lowest BCUT2D eigenvalue weighted by Gasteiger charge is -2.53. The molecule has 2 unspecified atom stereocenters. The van der Waals surface area contributed by atoms with Gasteiger partial charge in [0.15, 0.2) is 0 Å². The summed E-state index contributed by atoms with van der Waals surface area (Å²) in [6.07, 6.45) is 4.51. The summed E-state index contributed by atoms with van der Waals surface area (Å²) in [5.74, 6) is 1.07. The van der Waals surface area contributed by atoms with Gasteiger partial charge in [-0.3, -0.25) is 4.79 Å². The summed E-state index contributed by atoms with van der Waals surface area (Å²) in [5.41, 5.74) is 1.42. The van der Waals surface area contributed by atoms with E-state index in [1.807, 2.05) is 0 Å². The first-order valence-electron chi connectivity index (χ1n) is 4.64. The second-order valence-corrected chi connectivity index (χ2v) is 5.83. The highest BCUT2D eigenvalue weighted by Gasteiger charge is 2.61. The normalized spacial score (nSPS) is 38.7. The fourth-order valence-corrected chi connectivity index (χ4v) is 2.80. The van der Waals surface area contributed by atoms with Gasteiger partial charge in [0.1, 0.15) is 0 Å². The standard InChI is InChI=1S/C9H16.CCl2O/c1-8(2)7-4-5-9(8,3)6-7;2-1(3)4/h7H,4-6H2,1-3H3;. The van der Waals surface area contributed by atoms with Crippen LogP contribution in [0.4, 0.5) is 4.79 Å². The lowest BCUT2D eigenvalue weighted by atomic mass is 9.52. The Balaban J connectivity index is 0.000000184. The monoisotopic (exact) mass is 222 g/mol. The number of carbonyl (C=O) groups is 1. The number of carbonyl (C=O) groups excluding carboxylic acids is 1. The largest absolute Gasteiger partial charge is 0.313 e. The SMILES string of the molecule is CC12CCC(C1)C2(C)C.O=C(Cl)Cl. The predicted molar refractivity (Wildman–Crippen MR) is 56.3 cm³/mol. The molecule has 13 heavy (non-hydrogen) atoms. The zero-order valence-electron chi connectivity index (χ0n) is 8.36. The number of hydrogen-bond donors (Lipinski definition) is 0. The van der Waals surface area contributed by atoms with Crippen molar-refractivity contribution >= 4 is 27.9 Å². The number of rotatable bonds is 0. The minimum absolute atomic E-state index is 0.688. The average Bonchev–Trinajstić information content (AvgIpc) is 2.41. The highest BCUT2D eigenvalue weighted by atomic mass is 35.5. The topological polar surface area (TPSA) is 17.1 Å². The van der Waals surface area contributed by atoms with Crippen molar-refractivity contribution in [1.82, 2.24) is 0 Å². The lowest BCUT2D eigenvalue weighted by molar-refractivity contribution is -0.0393. The van der Waals surface area contributed by atoms with Gasteiger partial charge in [-0.1, -0.05) is 20.8 Å². The van der Waals surface area contributed by atoms with Crippen LogP contribution in [0.15, 0.2) is 0 Å². The Kier molecular flexibility index (Phi) is 2.99. The van der Waals surface area contributed by atoms with Gasteiger partial charge in [-0.15, -0.1) is 0 Å². The molecule has 0 heterocycles. The first-order chi connectivity index (χ1) is 5.79. The van der Waals surface area contributed by atoms with Crippen molar-refractivity contribution in [3.8, 4) is 0 Å². The zero-order chi connectivity index (χ0) is 10.3. The summed E-state index contributed by atoms with van der Waals surface area (Å²) < 4.78 is -0.889. The molecule has 3 aliphatic carbocycles. The molecule has 0 N–H and O–H groups in total. The fourth-order valence-electron chi connectivity index (χ4n) is 2.80. The molecule has 3 saturated carbocycles. The van der Waals surface area contributed by atoms with Crippen molar-refractivity contribution in [2.75, 3.05) is 0 Å². The van der Waals surface area contributed by atoms with E-state index in [9.17, 15) is 0 Å². The third-order valence-corrected chi connectivity index (χ3v) is 4.32. The smallest absolute Gasteiger partial charge is 0.262 e. The van der Waals surface area contributed by atoms with E-state index in [2.05, 4.69) is 44.0 Å². The van der Waals surface area contributed by atoms with Crippen molar-refractivity contribution in [3.05, 3.63) is 0 Å². The van der Waals surface area contributed by atoms with Gasteiger partial charge in [-0.05, 0) is 59.2 Å². The van der Waals surface area contributed by atoms with Crippen molar-refractivity contribution in [2.24, 2.45) is 16.7 Å². The fraction of sp³-hybridized carbons (Fsp3) is 0.900. The van der Waals surface area contributed by atoms with Gasteiger partial charge in [-0.25, -0.2) is 0 Å². The van der Waals surface area contributed by atoms with E-state index in [0.717, 1.165) is 11.3 Å². The molecule has 3 aliphatic rings. The van der Waals surface area contributed by atoms with Crippen molar-refractivity contribution in [1.29, 1.82) is 0 Å². The van der Waals surface area contributed by atoms with Crippen LogP contribution in [0, 0.1) is 16.7 Å². The number of halogens is 2. The van der Waals surface area contributed by atoms with Crippen molar-refractivity contribution < 1.29 is 4.79 Å². The number of fused-ring (bicyclic) bond motifs is 1. The van der Waals surface area contributed by atoms with E-state index in [0.29, 0.717) is 5.41 Å². The maximum atomic E-state index is 8.98. The van der Waals surface area contributed by atoms with E-state index in [1.54, 1.807) is 0 Å². The van der Waals surface area contributed by atoms with Crippen LogP contribution < -0.4 is 0 Å². The quantitative estimate of drug-likeness (QED) is 0.555. The molecule has 0 aliphatic heterocycles. The molecule has 3 heteroatoms. The molecule has 0 amide bonds. The molecular formula is C10H16Cl2O. The molecule has 3 fully saturated rings. The van der Waals surface area contributed by atoms with Gasteiger partial charge in [0.2, 0.25) is 0 Å². The van der Waals surface area contributed by atoms with Gasteiger partial charge in [-0.2, -0.15) is 0 Å². The van der Waals surface area contributed by atoms with Crippen LogP contribution in [-0.2, 0) is 0 Å². The summed E-state index contributed by atoms with van der Waals surface area (Å²) in [5, 5.41) is 0. The molecule has 0 radical (unpaired) electrons. The first kappa shape index (κ1) is 11.3. The Hall–Kier alpha value is 0.250. The van der Waals surface area contributed by atoms with E-state index < -0.39 is 4.70 Å². The Morgan fingerprint density at radius 3 is 1.85 bits per heavy atom. The molecule has 0 saturated heterocycles. The first-order valence-corrected chi connectivity index (χ1v) is 5.40. The van der Waals surface area contributed by atoms with Gasteiger partial charge >= 0.3 is 4.70 Å². The molecule has 1 nitrogen and oxygen atoms in total. The molecule has 0 aromatic rings. The summed E-state index contributed by atoms with van der Waals surface area (Å²) in [4.78, 5) is 8.98. The van der Waals surface area contributed by atoms with Crippen molar-refractivity contribution in [2.45, 2.75) is 40.0 Å². The van der Waals surface area contributed by atoms with Crippen LogP contribution in [0.1, 0.15) is 40.0 Å². The van der Waals surface area contributed by atoms with Gasteiger partial charge < -0.3 is 0 Å². The summed E-state index contributed by atoms with van der Waals surface area (Å²) >= 11 is 8.80. The second-order valence-electron chi connectivity index (χ2n) is 4.95. The van der Waals surface area contributed by atoms with Crippen LogP contribution in [-0.4, -0.2) is 4.70 Å². The molecular weight excluding hydrogens is 207 g/mol. The lowest BCUT2D eigenvalue weighted by Crippen LogP contribution is -2.45. The van der Waals surface area contributed by atoms with Crippen LogP contribution in [0.25, 0.3) is 0 Å². The Labute approximate surface area is 89.8 Å². The molecule has 2 bridgehead atoms. The van der Waals surface area contributed by atoms with Gasteiger partial charge in [0, 0.05) is 0 Å². The molecule has 0 aromatic carbocycles. The van der Waals surface area contributed by atoms with Gasteiger partial charge in [0.25, 0.3) is 0 Å². The zero-order valence-corrected chi connectivity index (χ0v) is 9.87. The number of hydrogen-bond acceptors (Lipinski definition) is 1. The third kappa shape index (κ3) is 1.87. The van der Waals surface area contributed by atoms with Gasteiger partial charge in [0.05, 0.1) is 0 Å². The molecule has 0 spiro atoms. The van der Waals surface area contributed by atoms with E-state index in [-0.39, 0.29) is 0 Å².